The monoisotopic (exact) mass is 417 g/mol. The average Bonchev–Trinajstić information content (AvgIpc) is 3.43. The summed E-state index contributed by atoms with van der Waals surface area (Å²) in [5.74, 6) is 1.37. The van der Waals surface area contributed by atoms with Crippen molar-refractivity contribution in [2.24, 2.45) is 5.92 Å². The summed E-state index contributed by atoms with van der Waals surface area (Å²) in [6, 6.07) is 2.10. The Morgan fingerprint density at radius 3 is 3.00 bits per heavy atom. The lowest BCUT2D eigenvalue weighted by atomic mass is 9.95. The van der Waals surface area contributed by atoms with Gasteiger partial charge in [0.15, 0.2) is 5.82 Å². The van der Waals surface area contributed by atoms with Gasteiger partial charge in [0, 0.05) is 41.3 Å². The van der Waals surface area contributed by atoms with Gasteiger partial charge in [0.05, 0.1) is 6.42 Å². The van der Waals surface area contributed by atoms with Crippen LogP contribution in [0.3, 0.4) is 0 Å². The van der Waals surface area contributed by atoms with E-state index in [1.54, 1.807) is 4.90 Å². The van der Waals surface area contributed by atoms with Crippen LogP contribution in [0.4, 0.5) is 10.6 Å². The molecule has 2 aromatic heterocycles. The second-order valence-corrected chi connectivity index (χ2v) is 9.14. The molecule has 0 aromatic carbocycles. The number of anilines is 1. The first-order chi connectivity index (χ1) is 14.0. The van der Waals surface area contributed by atoms with Gasteiger partial charge >= 0.3 is 6.09 Å². The van der Waals surface area contributed by atoms with Crippen molar-refractivity contribution in [2.75, 3.05) is 11.9 Å². The van der Waals surface area contributed by atoms with Crippen LogP contribution in [0.15, 0.2) is 11.4 Å². The molecule has 2 amide bonds. The highest BCUT2D eigenvalue weighted by molar-refractivity contribution is 7.09. The standard InChI is InChI=1S/C20H27N5O3S/c1-12-11-29-19(21-12)10-18(26)22-17-9-16(23-24-17)14-5-4-13(7-14)8-15-3-2-6-25(15)20(27)28/h9,11,13-15H,2-8,10H2,1H3,(H,27,28)(H2,22,23,24,26)/t13?,14?,15-/m0/s1. The van der Waals surface area contributed by atoms with Crippen LogP contribution < -0.4 is 5.32 Å². The third-order valence-corrected chi connectivity index (χ3v) is 7.02. The van der Waals surface area contributed by atoms with Crippen molar-refractivity contribution in [3.8, 4) is 0 Å². The number of H-pyrrole nitrogens is 1. The lowest BCUT2D eigenvalue weighted by Crippen LogP contribution is -2.35. The number of carboxylic acid groups (broad SMARTS) is 1. The van der Waals surface area contributed by atoms with Crippen molar-refractivity contribution < 1.29 is 14.7 Å². The van der Waals surface area contributed by atoms with Crippen molar-refractivity contribution >= 4 is 29.2 Å². The molecular formula is C20H27N5O3S. The fourth-order valence-corrected chi connectivity index (χ4v) is 5.48. The molecule has 1 saturated carbocycles. The van der Waals surface area contributed by atoms with E-state index in [-0.39, 0.29) is 18.4 Å². The molecule has 2 aliphatic rings. The molecule has 1 aliphatic heterocycles. The molecule has 1 aliphatic carbocycles. The van der Waals surface area contributed by atoms with Gasteiger partial charge in [0.1, 0.15) is 5.01 Å². The van der Waals surface area contributed by atoms with Crippen LogP contribution in [0.1, 0.15) is 60.8 Å². The van der Waals surface area contributed by atoms with Gasteiger partial charge in [-0.25, -0.2) is 9.78 Å². The van der Waals surface area contributed by atoms with E-state index in [1.165, 1.54) is 11.3 Å². The Bertz CT molecular complexity index is 879. The van der Waals surface area contributed by atoms with Crippen molar-refractivity contribution in [2.45, 2.75) is 63.8 Å². The quantitative estimate of drug-likeness (QED) is 0.662. The van der Waals surface area contributed by atoms with E-state index in [0.29, 0.717) is 24.2 Å². The number of aryl methyl sites for hydroxylation is 1. The number of carbonyl (C=O) groups is 2. The summed E-state index contributed by atoms with van der Waals surface area (Å²) in [5.41, 5.74) is 1.98. The molecule has 2 unspecified atom stereocenters. The molecule has 0 spiro atoms. The van der Waals surface area contributed by atoms with Crippen molar-refractivity contribution in [1.82, 2.24) is 20.1 Å². The molecule has 29 heavy (non-hydrogen) atoms. The third-order valence-electron chi connectivity index (χ3n) is 6.05. The first-order valence-corrected chi connectivity index (χ1v) is 11.1. The zero-order valence-electron chi connectivity index (χ0n) is 16.6. The summed E-state index contributed by atoms with van der Waals surface area (Å²) in [6.45, 7) is 2.58. The van der Waals surface area contributed by atoms with E-state index >= 15 is 0 Å². The van der Waals surface area contributed by atoms with E-state index in [0.717, 1.165) is 54.9 Å². The number of nitrogens with one attached hydrogen (secondary N) is 2. The Labute approximate surface area is 173 Å². The number of likely N-dealkylation sites (tertiary alicyclic amines) is 1. The minimum atomic E-state index is -0.788. The molecule has 3 heterocycles. The number of thiazole rings is 1. The second kappa shape index (κ2) is 8.52. The van der Waals surface area contributed by atoms with E-state index in [1.807, 2.05) is 18.4 Å². The van der Waals surface area contributed by atoms with E-state index in [4.69, 9.17) is 0 Å². The smallest absolute Gasteiger partial charge is 0.407 e. The molecule has 2 fully saturated rings. The lowest BCUT2D eigenvalue weighted by molar-refractivity contribution is -0.115. The van der Waals surface area contributed by atoms with Crippen LogP contribution in [0.5, 0.6) is 0 Å². The molecular weight excluding hydrogens is 390 g/mol. The maximum atomic E-state index is 12.2. The number of aromatic amines is 1. The van der Waals surface area contributed by atoms with Crippen molar-refractivity contribution in [3.05, 3.63) is 27.8 Å². The third kappa shape index (κ3) is 4.77. The number of nitrogens with zero attached hydrogens (tertiary/aromatic N) is 3. The fraction of sp³-hybridized carbons (Fsp3) is 0.600. The predicted octanol–water partition coefficient (Wildman–Crippen LogP) is 3.77. The Morgan fingerprint density at radius 1 is 1.38 bits per heavy atom. The average molecular weight is 418 g/mol. The molecule has 1 saturated heterocycles. The summed E-state index contributed by atoms with van der Waals surface area (Å²) in [6.07, 6.45) is 5.59. The minimum absolute atomic E-state index is 0.114. The van der Waals surface area contributed by atoms with E-state index < -0.39 is 6.09 Å². The number of aromatic nitrogens is 3. The van der Waals surface area contributed by atoms with Crippen molar-refractivity contribution in [3.63, 3.8) is 0 Å². The first kappa shape index (κ1) is 19.9. The molecule has 8 nitrogen and oxygen atoms in total. The lowest BCUT2D eigenvalue weighted by Gasteiger charge is -2.24. The SMILES string of the molecule is Cc1csc(CC(=O)Nc2cc(C3CCC(C[C@@H]4CCCN4C(=O)O)C3)[nH]n2)n1. The molecule has 4 rings (SSSR count). The van der Waals surface area contributed by atoms with Crippen LogP contribution in [0, 0.1) is 12.8 Å². The number of hydrogen-bond acceptors (Lipinski definition) is 5. The van der Waals surface area contributed by atoms with Crippen LogP contribution in [-0.4, -0.2) is 49.8 Å². The van der Waals surface area contributed by atoms with Gasteiger partial charge in [-0.2, -0.15) is 5.10 Å². The zero-order chi connectivity index (χ0) is 20.4. The molecule has 9 heteroatoms. The minimum Gasteiger partial charge on any atom is -0.465 e. The summed E-state index contributed by atoms with van der Waals surface area (Å²) in [7, 11) is 0. The molecule has 2 aromatic rings. The maximum Gasteiger partial charge on any atom is 0.407 e. The Morgan fingerprint density at radius 2 is 2.24 bits per heavy atom. The van der Waals surface area contributed by atoms with Crippen LogP contribution in [-0.2, 0) is 11.2 Å². The highest BCUT2D eigenvalue weighted by Crippen LogP contribution is 2.41. The van der Waals surface area contributed by atoms with Crippen LogP contribution in [0.2, 0.25) is 0 Å². The molecule has 156 valence electrons. The predicted molar refractivity (Wildman–Crippen MR) is 110 cm³/mol. The highest BCUT2D eigenvalue weighted by atomic mass is 32.1. The van der Waals surface area contributed by atoms with Gasteiger partial charge in [-0.15, -0.1) is 11.3 Å². The zero-order valence-corrected chi connectivity index (χ0v) is 17.4. The largest absolute Gasteiger partial charge is 0.465 e. The van der Waals surface area contributed by atoms with E-state index in [2.05, 4.69) is 20.5 Å². The van der Waals surface area contributed by atoms with Crippen LogP contribution in [0.25, 0.3) is 0 Å². The number of rotatable bonds is 6. The summed E-state index contributed by atoms with van der Waals surface area (Å²) in [4.78, 5) is 29.5. The maximum absolute atomic E-state index is 12.2. The first-order valence-electron chi connectivity index (χ1n) is 10.2. The van der Waals surface area contributed by atoms with E-state index in [9.17, 15) is 14.7 Å². The summed E-state index contributed by atoms with van der Waals surface area (Å²) < 4.78 is 0. The summed E-state index contributed by atoms with van der Waals surface area (Å²) >= 11 is 1.49. The highest BCUT2D eigenvalue weighted by Gasteiger charge is 2.34. The number of carbonyl (C=O) groups excluding carboxylic acids is 1. The summed E-state index contributed by atoms with van der Waals surface area (Å²) in [5, 5.41) is 22.2. The Kier molecular flexibility index (Phi) is 5.84. The molecule has 0 radical (unpaired) electrons. The molecule has 3 N–H and O–H groups in total. The number of hydrogen-bond donors (Lipinski definition) is 3. The van der Waals surface area contributed by atoms with Gasteiger partial charge in [-0.3, -0.25) is 9.89 Å². The van der Waals surface area contributed by atoms with Crippen LogP contribution >= 0.6 is 11.3 Å². The molecule has 0 bridgehead atoms. The Balaban J connectivity index is 1.28. The Hall–Kier alpha value is -2.42. The van der Waals surface area contributed by atoms with Crippen molar-refractivity contribution in [1.29, 1.82) is 0 Å². The van der Waals surface area contributed by atoms with Gasteiger partial charge in [0.2, 0.25) is 5.91 Å². The number of amides is 2. The fourth-order valence-electron chi connectivity index (χ4n) is 4.71. The van der Waals surface area contributed by atoms with Gasteiger partial charge < -0.3 is 15.3 Å². The van der Waals surface area contributed by atoms with Gasteiger partial charge in [0.25, 0.3) is 0 Å². The normalized spacial score (nSPS) is 24.2. The molecule has 3 atom stereocenters. The van der Waals surface area contributed by atoms with Gasteiger partial charge in [-0.1, -0.05) is 0 Å². The second-order valence-electron chi connectivity index (χ2n) is 8.20. The topological polar surface area (TPSA) is 111 Å². The van der Waals surface area contributed by atoms with Gasteiger partial charge in [-0.05, 0) is 51.4 Å².